The van der Waals surface area contributed by atoms with E-state index in [1.165, 1.54) is 5.56 Å². The van der Waals surface area contributed by atoms with Gasteiger partial charge in [0.1, 0.15) is 0 Å². The van der Waals surface area contributed by atoms with Gasteiger partial charge >= 0.3 is 0 Å². The fourth-order valence-electron chi connectivity index (χ4n) is 3.04. The number of carbonyl (C=O) groups excluding carboxylic acids is 1. The third kappa shape index (κ3) is 2.94. The quantitative estimate of drug-likeness (QED) is 0.868. The van der Waals surface area contributed by atoms with Crippen molar-refractivity contribution in [2.75, 3.05) is 14.2 Å². The number of hydrogen-bond acceptors (Lipinski definition) is 4. The molecule has 0 aromatic heterocycles. The monoisotopic (exact) mass is 311 g/mol. The number of carbonyl (C=O) groups is 1. The van der Waals surface area contributed by atoms with Gasteiger partial charge < -0.3 is 9.47 Å². The predicted octanol–water partition coefficient (Wildman–Crippen LogP) is 3.29. The Balaban J connectivity index is 1.93. The van der Waals surface area contributed by atoms with Crippen LogP contribution in [0.15, 0.2) is 42.5 Å². The standard InChI is InChI=1S/C19H21NO3/c1-13-19(21)16-10-18(23-3)17(22-2)9-15(16)12-20(13)11-14-7-5-4-6-8-14/h4-10,13H,11-12H2,1-3H3. The molecule has 2 aromatic carbocycles. The molecule has 3 rings (SSSR count). The normalized spacial score (nSPS) is 17.7. The molecule has 0 fully saturated rings. The Hall–Kier alpha value is -2.33. The van der Waals surface area contributed by atoms with Crippen molar-refractivity contribution in [3.63, 3.8) is 0 Å². The van der Waals surface area contributed by atoms with Gasteiger partial charge in [-0.05, 0) is 30.2 Å². The van der Waals surface area contributed by atoms with Gasteiger partial charge in [-0.3, -0.25) is 9.69 Å². The first-order chi connectivity index (χ1) is 11.1. The van der Waals surface area contributed by atoms with Gasteiger partial charge in [-0.2, -0.15) is 0 Å². The number of benzene rings is 2. The second kappa shape index (κ2) is 6.42. The van der Waals surface area contributed by atoms with Crippen molar-refractivity contribution in [2.45, 2.75) is 26.1 Å². The van der Waals surface area contributed by atoms with Gasteiger partial charge in [0.15, 0.2) is 17.3 Å². The van der Waals surface area contributed by atoms with Crippen LogP contribution in [0.3, 0.4) is 0 Å². The molecule has 0 N–H and O–H groups in total. The van der Waals surface area contributed by atoms with E-state index in [1.54, 1.807) is 20.3 Å². The van der Waals surface area contributed by atoms with Crippen LogP contribution >= 0.6 is 0 Å². The summed E-state index contributed by atoms with van der Waals surface area (Å²) >= 11 is 0. The van der Waals surface area contributed by atoms with E-state index in [1.807, 2.05) is 31.2 Å². The Morgan fingerprint density at radius 3 is 2.39 bits per heavy atom. The van der Waals surface area contributed by atoms with E-state index >= 15 is 0 Å². The van der Waals surface area contributed by atoms with E-state index in [2.05, 4.69) is 17.0 Å². The highest BCUT2D eigenvalue weighted by molar-refractivity contribution is 6.02. The minimum atomic E-state index is -0.152. The molecule has 0 radical (unpaired) electrons. The number of nitrogens with zero attached hydrogens (tertiary/aromatic N) is 1. The molecular formula is C19H21NO3. The van der Waals surface area contributed by atoms with Gasteiger partial charge in [-0.1, -0.05) is 30.3 Å². The summed E-state index contributed by atoms with van der Waals surface area (Å²) in [7, 11) is 3.20. The van der Waals surface area contributed by atoms with Crippen LogP contribution in [0.1, 0.15) is 28.4 Å². The minimum Gasteiger partial charge on any atom is -0.493 e. The maximum atomic E-state index is 12.7. The third-order valence-electron chi connectivity index (χ3n) is 4.40. The molecule has 120 valence electrons. The second-order valence-electron chi connectivity index (χ2n) is 5.80. The highest BCUT2D eigenvalue weighted by Gasteiger charge is 2.31. The Kier molecular flexibility index (Phi) is 4.35. The number of fused-ring (bicyclic) bond motifs is 1. The Morgan fingerprint density at radius 1 is 1.09 bits per heavy atom. The molecule has 0 saturated carbocycles. The lowest BCUT2D eigenvalue weighted by Crippen LogP contribution is -2.42. The van der Waals surface area contributed by atoms with Gasteiger partial charge in [-0.15, -0.1) is 0 Å². The average Bonchev–Trinajstić information content (AvgIpc) is 2.59. The largest absolute Gasteiger partial charge is 0.493 e. The van der Waals surface area contributed by atoms with Crippen molar-refractivity contribution >= 4 is 5.78 Å². The molecular weight excluding hydrogens is 290 g/mol. The van der Waals surface area contributed by atoms with Crippen LogP contribution in [-0.4, -0.2) is 30.9 Å². The number of rotatable bonds is 4. The van der Waals surface area contributed by atoms with Crippen LogP contribution in [0, 0.1) is 0 Å². The molecule has 1 atom stereocenters. The zero-order chi connectivity index (χ0) is 16.4. The molecule has 0 aliphatic carbocycles. The number of Topliss-reactive ketones (excluding diaryl/α,β-unsaturated/α-hetero) is 1. The summed E-state index contributed by atoms with van der Waals surface area (Å²) < 4.78 is 10.7. The number of methoxy groups -OCH3 is 2. The van der Waals surface area contributed by atoms with Crippen molar-refractivity contribution in [1.29, 1.82) is 0 Å². The van der Waals surface area contributed by atoms with Crippen LogP contribution in [0.25, 0.3) is 0 Å². The third-order valence-corrected chi connectivity index (χ3v) is 4.40. The van der Waals surface area contributed by atoms with E-state index < -0.39 is 0 Å². The average molecular weight is 311 g/mol. The van der Waals surface area contributed by atoms with Crippen molar-refractivity contribution < 1.29 is 14.3 Å². The molecule has 1 heterocycles. The first-order valence-electron chi connectivity index (χ1n) is 7.71. The highest BCUT2D eigenvalue weighted by Crippen LogP contribution is 2.35. The second-order valence-corrected chi connectivity index (χ2v) is 5.80. The lowest BCUT2D eigenvalue weighted by atomic mass is 9.92. The van der Waals surface area contributed by atoms with Crippen molar-refractivity contribution in [1.82, 2.24) is 4.90 Å². The van der Waals surface area contributed by atoms with E-state index in [0.29, 0.717) is 11.5 Å². The van der Waals surface area contributed by atoms with E-state index in [4.69, 9.17) is 9.47 Å². The molecule has 4 heteroatoms. The molecule has 1 aliphatic heterocycles. The van der Waals surface area contributed by atoms with Gasteiger partial charge in [0.2, 0.25) is 0 Å². The summed E-state index contributed by atoms with van der Waals surface area (Å²) in [4.78, 5) is 14.9. The maximum Gasteiger partial charge on any atom is 0.180 e. The SMILES string of the molecule is COc1cc2c(cc1OC)C(=O)C(C)N(Cc1ccccc1)C2. The fraction of sp³-hybridized carbons (Fsp3) is 0.316. The predicted molar refractivity (Wildman–Crippen MR) is 89.0 cm³/mol. The van der Waals surface area contributed by atoms with Crippen LogP contribution in [0.4, 0.5) is 0 Å². The molecule has 23 heavy (non-hydrogen) atoms. The smallest absolute Gasteiger partial charge is 0.180 e. The zero-order valence-corrected chi connectivity index (χ0v) is 13.7. The summed E-state index contributed by atoms with van der Waals surface area (Å²) in [6.07, 6.45) is 0. The highest BCUT2D eigenvalue weighted by atomic mass is 16.5. The molecule has 0 saturated heterocycles. The van der Waals surface area contributed by atoms with E-state index in [0.717, 1.165) is 24.2 Å². The van der Waals surface area contributed by atoms with E-state index in [-0.39, 0.29) is 11.8 Å². The van der Waals surface area contributed by atoms with Gasteiger partial charge in [0.05, 0.1) is 20.3 Å². The summed E-state index contributed by atoms with van der Waals surface area (Å²) in [5, 5.41) is 0. The molecule has 0 amide bonds. The van der Waals surface area contributed by atoms with Gasteiger partial charge in [0, 0.05) is 18.7 Å². The number of ether oxygens (including phenoxy) is 2. The van der Waals surface area contributed by atoms with Gasteiger partial charge in [-0.25, -0.2) is 0 Å². The van der Waals surface area contributed by atoms with E-state index in [9.17, 15) is 4.79 Å². The molecule has 1 unspecified atom stereocenters. The molecule has 0 spiro atoms. The fourth-order valence-corrected chi connectivity index (χ4v) is 3.04. The Labute approximate surface area is 136 Å². The molecule has 4 nitrogen and oxygen atoms in total. The van der Waals surface area contributed by atoms with Crippen molar-refractivity contribution in [3.8, 4) is 11.5 Å². The first-order valence-corrected chi connectivity index (χ1v) is 7.71. The van der Waals surface area contributed by atoms with Crippen molar-refractivity contribution in [2.24, 2.45) is 0 Å². The Bertz CT molecular complexity index is 712. The summed E-state index contributed by atoms with van der Waals surface area (Å²) in [6.45, 7) is 3.43. The maximum absolute atomic E-state index is 12.7. The number of hydrogen-bond donors (Lipinski definition) is 0. The summed E-state index contributed by atoms with van der Waals surface area (Å²) in [6, 6.07) is 13.8. The molecule has 2 aromatic rings. The lowest BCUT2D eigenvalue weighted by Gasteiger charge is -2.34. The van der Waals surface area contributed by atoms with Crippen LogP contribution < -0.4 is 9.47 Å². The van der Waals surface area contributed by atoms with Crippen LogP contribution in [-0.2, 0) is 13.1 Å². The molecule has 1 aliphatic rings. The summed E-state index contributed by atoms with van der Waals surface area (Å²) in [5.41, 5.74) is 2.93. The molecule has 0 bridgehead atoms. The van der Waals surface area contributed by atoms with Gasteiger partial charge in [0.25, 0.3) is 0 Å². The number of ketones is 1. The zero-order valence-electron chi connectivity index (χ0n) is 13.7. The summed E-state index contributed by atoms with van der Waals surface area (Å²) in [5.74, 6) is 1.39. The minimum absolute atomic E-state index is 0.128. The first kappa shape index (κ1) is 15.6. The van der Waals surface area contributed by atoms with Crippen LogP contribution in [0.2, 0.25) is 0 Å². The Morgan fingerprint density at radius 2 is 1.74 bits per heavy atom. The lowest BCUT2D eigenvalue weighted by molar-refractivity contribution is 0.0778. The van der Waals surface area contributed by atoms with Crippen LogP contribution in [0.5, 0.6) is 11.5 Å². The topological polar surface area (TPSA) is 38.8 Å². The van der Waals surface area contributed by atoms with Crippen molar-refractivity contribution in [3.05, 3.63) is 59.2 Å².